The molecule has 2 heterocycles. The molecule has 0 radical (unpaired) electrons. The minimum absolute atomic E-state index is 0.0229. The standard InChI is InChI=1S/C15H20O4/c1-8-4-5-10-9(6-16)11(17)18-14(10)7-13(2,3)12-15(8,14)19-12/h8,12,16H,4-7H2,1-3H3/t8-,12-,14+,15-/m0/s1. The first-order chi connectivity index (χ1) is 8.89. The molecule has 0 aromatic rings. The van der Waals surface area contributed by atoms with Gasteiger partial charge in [0.2, 0.25) is 0 Å². The van der Waals surface area contributed by atoms with Crippen LogP contribution in [0.3, 0.4) is 0 Å². The molecule has 0 bridgehead atoms. The van der Waals surface area contributed by atoms with Crippen molar-refractivity contribution in [1.29, 1.82) is 0 Å². The first-order valence-electron chi connectivity index (χ1n) is 7.13. The summed E-state index contributed by atoms with van der Waals surface area (Å²) in [5.41, 5.74) is 0.615. The van der Waals surface area contributed by atoms with Crippen LogP contribution in [0.1, 0.15) is 40.0 Å². The van der Waals surface area contributed by atoms with Crippen LogP contribution in [0.25, 0.3) is 0 Å². The molecule has 4 aliphatic rings. The third kappa shape index (κ3) is 1.05. The van der Waals surface area contributed by atoms with Gasteiger partial charge in [0.15, 0.2) is 5.60 Å². The second kappa shape index (κ2) is 3.07. The monoisotopic (exact) mass is 264 g/mol. The molecule has 0 amide bonds. The lowest BCUT2D eigenvalue weighted by molar-refractivity contribution is -0.159. The fourth-order valence-corrected chi connectivity index (χ4v) is 5.05. The predicted octanol–water partition coefficient (Wildman–Crippen LogP) is 1.57. The topological polar surface area (TPSA) is 59.1 Å². The first kappa shape index (κ1) is 11.9. The Labute approximate surface area is 112 Å². The summed E-state index contributed by atoms with van der Waals surface area (Å²) in [5, 5.41) is 9.49. The van der Waals surface area contributed by atoms with Crippen LogP contribution >= 0.6 is 0 Å². The molecule has 104 valence electrons. The van der Waals surface area contributed by atoms with Crippen LogP contribution in [0.4, 0.5) is 0 Å². The van der Waals surface area contributed by atoms with Crippen molar-refractivity contribution in [1.82, 2.24) is 0 Å². The van der Waals surface area contributed by atoms with E-state index in [0.717, 1.165) is 24.8 Å². The second-order valence-electron chi connectivity index (χ2n) is 7.23. The Morgan fingerprint density at radius 2 is 2.16 bits per heavy atom. The van der Waals surface area contributed by atoms with Gasteiger partial charge in [-0.2, -0.15) is 0 Å². The van der Waals surface area contributed by atoms with Crippen LogP contribution in [0.2, 0.25) is 0 Å². The van der Waals surface area contributed by atoms with Gasteiger partial charge in [-0.1, -0.05) is 20.8 Å². The third-order valence-electron chi connectivity index (χ3n) is 5.77. The number of epoxide rings is 1. The number of aliphatic hydroxyl groups is 1. The van der Waals surface area contributed by atoms with E-state index in [-0.39, 0.29) is 29.7 Å². The van der Waals surface area contributed by atoms with Gasteiger partial charge < -0.3 is 14.6 Å². The molecule has 19 heavy (non-hydrogen) atoms. The summed E-state index contributed by atoms with van der Waals surface area (Å²) in [6.07, 6.45) is 2.84. The van der Waals surface area contributed by atoms with Crippen LogP contribution in [-0.4, -0.2) is 35.0 Å². The number of rotatable bonds is 1. The van der Waals surface area contributed by atoms with Gasteiger partial charge in [-0.05, 0) is 29.7 Å². The Hall–Kier alpha value is -0.870. The van der Waals surface area contributed by atoms with Crippen LogP contribution in [0.5, 0.6) is 0 Å². The summed E-state index contributed by atoms with van der Waals surface area (Å²) in [6, 6.07) is 0. The van der Waals surface area contributed by atoms with E-state index in [1.807, 2.05) is 0 Å². The molecular formula is C15H20O4. The third-order valence-corrected chi connectivity index (χ3v) is 5.77. The maximum absolute atomic E-state index is 12.1. The maximum atomic E-state index is 12.1. The van der Waals surface area contributed by atoms with Crippen molar-refractivity contribution in [2.24, 2.45) is 11.3 Å². The zero-order valence-corrected chi connectivity index (χ0v) is 11.7. The fourth-order valence-electron chi connectivity index (χ4n) is 5.05. The van der Waals surface area contributed by atoms with Crippen LogP contribution in [-0.2, 0) is 14.3 Å². The lowest BCUT2D eigenvalue weighted by atomic mass is 9.67. The van der Waals surface area contributed by atoms with Gasteiger partial charge in [-0.25, -0.2) is 4.79 Å². The van der Waals surface area contributed by atoms with Gasteiger partial charge in [-0.15, -0.1) is 0 Å². The number of ether oxygens (including phenoxy) is 2. The van der Waals surface area contributed by atoms with E-state index in [1.165, 1.54) is 0 Å². The molecule has 4 heteroatoms. The summed E-state index contributed by atoms with van der Waals surface area (Å²) >= 11 is 0. The van der Waals surface area contributed by atoms with Crippen molar-refractivity contribution in [3.63, 3.8) is 0 Å². The van der Waals surface area contributed by atoms with Crippen LogP contribution in [0, 0.1) is 11.3 Å². The number of aliphatic hydroxyl groups excluding tert-OH is 1. The highest BCUT2D eigenvalue weighted by molar-refractivity contribution is 5.94. The van der Waals surface area contributed by atoms with Gasteiger partial charge in [-0.3, -0.25) is 0 Å². The van der Waals surface area contributed by atoms with Gasteiger partial charge in [0.1, 0.15) is 5.60 Å². The van der Waals surface area contributed by atoms with Gasteiger partial charge in [0.25, 0.3) is 0 Å². The molecule has 4 rings (SSSR count). The number of carbonyl (C=O) groups is 1. The molecule has 0 unspecified atom stereocenters. The lowest BCUT2D eigenvalue weighted by Crippen LogP contribution is -2.52. The zero-order chi connectivity index (χ0) is 13.6. The minimum atomic E-state index is -0.589. The molecule has 2 aliphatic heterocycles. The van der Waals surface area contributed by atoms with E-state index in [4.69, 9.17) is 9.47 Å². The summed E-state index contributed by atoms with van der Waals surface area (Å²) in [6.45, 7) is 6.36. The van der Waals surface area contributed by atoms with Crippen molar-refractivity contribution in [2.75, 3.05) is 6.61 Å². The van der Waals surface area contributed by atoms with Gasteiger partial charge >= 0.3 is 5.97 Å². The molecule has 2 saturated carbocycles. The molecule has 1 saturated heterocycles. The van der Waals surface area contributed by atoms with E-state index in [0.29, 0.717) is 11.5 Å². The Morgan fingerprint density at radius 1 is 1.42 bits per heavy atom. The molecule has 4 nitrogen and oxygen atoms in total. The summed E-state index contributed by atoms with van der Waals surface area (Å²) < 4.78 is 12.0. The predicted molar refractivity (Wildman–Crippen MR) is 67.3 cm³/mol. The molecule has 2 spiro atoms. The Morgan fingerprint density at radius 3 is 2.79 bits per heavy atom. The van der Waals surface area contributed by atoms with Crippen molar-refractivity contribution in [3.8, 4) is 0 Å². The first-order valence-corrected chi connectivity index (χ1v) is 7.13. The second-order valence-corrected chi connectivity index (χ2v) is 7.23. The van der Waals surface area contributed by atoms with E-state index >= 15 is 0 Å². The van der Waals surface area contributed by atoms with E-state index in [9.17, 15) is 9.90 Å². The van der Waals surface area contributed by atoms with E-state index < -0.39 is 5.60 Å². The number of hydrogen-bond acceptors (Lipinski definition) is 4. The smallest absolute Gasteiger partial charge is 0.337 e. The van der Waals surface area contributed by atoms with Crippen LogP contribution < -0.4 is 0 Å². The minimum Gasteiger partial charge on any atom is -0.448 e. The number of carbonyl (C=O) groups excluding carboxylic acids is 1. The molecule has 4 atom stereocenters. The van der Waals surface area contributed by atoms with Gasteiger partial charge in [0.05, 0.1) is 18.3 Å². The average molecular weight is 264 g/mol. The van der Waals surface area contributed by atoms with Crippen molar-refractivity contribution in [3.05, 3.63) is 11.1 Å². The summed E-state index contributed by atoms with van der Waals surface area (Å²) in [5.74, 6) is 0.0618. The van der Waals surface area contributed by atoms with Gasteiger partial charge in [0, 0.05) is 6.42 Å². The SMILES string of the molecule is C[C@H]1CCC2=C(CO)C(=O)O[C@]23CC(C)(C)[C@@H]2O[C@@]123. The van der Waals surface area contributed by atoms with E-state index in [2.05, 4.69) is 20.8 Å². The van der Waals surface area contributed by atoms with E-state index in [1.54, 1.807) is 0 Å². The zero-order valence-electron chi connectivity index (χ0n) is 11.7. The average Bonchev–Trinajstić information content (AvgIpc) is 2.98. The van der Waals surface area contributed by atoms with Crippen molar-refractivity contribution < 1.29 is 19.4 Å². The quantitative estimate of drug-likeness (QED) is 0.577. The largest absolute Gasteiger partial charge is 0.448 e. The number of esters is 1. The van der Waals surface area contributed by atoms with Crippen molar-refractivity contribution >= 4 is 5.97 Å². The van der Waals surface area contributed by atoms with Crippen molar-refractivity contribution in [2.45, 2.75) is 57.3 Å². The molecule has 0 aromatic heterocycles. The highest BCUT2D eigenvalue weighted by Gasteiger charge is 2.85. The summed E-state index contributed by atoms with van der Waals surface area (Å²) in [4.78, 5) is 12.1. The molecule has 0 aromatic carbocycles. The molecule has 1 N–H and O–H groups in total. The Balaban J connectivity index is 1.93. The molecular weight excluding hydrogens is 244 g/mol. The fraction of sp³-hybridized carbons (Fsp3) is 0.800. The maximum Gasteiger partial charge on any atom is 0.337 e. The highest BCUT2D eigenvalue weighted by atomic mass is 16.7. The Kier molecular flexibility index (Phi) is 1.92. The Bertz CT molecular complexity index is 520. The lowest BCUT2D eigenvalue weighted by Gasteiger charge is -2.42. The highest BCUT2D eigenvalue weighted by Crippen LogP contribution is 2.74. The molecule has 2 aliphatic carbocycles. The number of hydrogen-bond donors (Lipinski definition) is 1. The summed E-state index contributed by atoms with van der Waals surface area (Å²) in [7, 11) is 0. The normalized spacial score (nSPS) is 49.6. The molecule has 3 fully saturated rings. The van der Waals surface area contributed by atoms with Crippen LogP contribution in [0.15, 0.2) is 11.1 Å².